The first-order chi connectivity index (χ1) is 11.9. The fourth-order valence-corrected chi connectivity index (χ4v) is 4.80. The van der Waals surface area contributed by atoms with Crippen molar-refractivity contribution in [2.75, 3.05) is 45.7 Å². The van der Waals surface area contributed by atoms with Crippen LogP contribution >= 0.6 is 11.3 Å². The van der Waals surface area contributed by atoms with Gasteiger partial charge in [-0.05, 0) is 52.3 Å². The highest BCUT2D eigenvalue weighted by molar-refractivity contribution is 7.20. The number of thiophene rings is 1. The number of nitrogens with zero attached hydrogens (tertiary/aromatic N) is 4. The molecule has 0 unspecified atom stereocenters. The topological polar surface area (TPSA) is 58.6 Å². The summed E-state index contributed by atoms with van der Waals surface area (Å²) in [5, 5.41) is 1.00. The summed E-state index contributed by atoms with van der Waals surface area (Å²) in [5.74, 6) is 2.05. The van der Waals surface area contributed by atoms with E-state index in [2.05, 4.69) is 28.9 Å². The Labute approximate surface area is 152 Å². The van der Waals surface area contributed by atoms with E-state index in [1.54, 1.807) is 0 Å². The van der Waals surface area contributed by atoms with Gasteiger partial charge in [-0.25, -0.2) is 14.8 Å². The van der Waals surface area contributed by atoms with Crippen molar-refractivity contribution in [3.63, 3.8) is 0 Å². The van der Waals surface area contributed by atoms with Crippen LogP contribution in [0.25, 0.3) is 10.2 Å². The highest BCUT2D eigenvalue weighted by Crippen LogP contribution is 2.37. The minimum atomic E-state index is -0.298. The SMILES string of the molecule is COC(=O)c1sc2nc(C)nc(N3CCC[C@H](CN(C)C)C3)c2c1C. The number of esters is 1. The van der Waals surface area contributed by atoms with Gasteiger partial charge in [0, 0.05) is 19.6 Å². The fourth-order valence-electron chi connectivity index (χ4n) is 3.66. The number of carbonyl (C=O) groups is 1. The van der Waals surface area contributed by atoms with Crippen LogP contribution in [0, 0.1) is 19.8 Å². The molecule has 7 heteroatoms. The van der Waals surface area contributed by atoms with E-state index >= 15 is 0 Å². The maximum Gasteiger partial charge on any atom is 0.348 e. The van der Waals surface area contributed by atoms with Gasteiger partial charge in [0.2, 0.25) is 0 Å². The van der Waals surface area contributed by atoms with Crippen LogP contribution in [0.4, 0.5) is 5.82 Å². The molecule has 1 fully saturated rings. The third-order valence-corrected chi connectivity index (χ3v) is 5.86. The van der Waals surface area contributed by atoms with Crippen LogP contribution in [0.15, 0.2) is 0 Å². The van der Waals surface area contributed by atoms with Gasteiger partial charge in [-0.2, -0.15) is 0 Å². The van der Waals surface area contributed by atoms with Crippen molar-refractivity contribution >= 4 is 33.3 Å². The molecule has 25 heavy (non-hydrogen) atoms. The van der Waals surface area contributed by atoms with E-state index in [4.69, 9.17) is 9.72 Å². The van der Waals surface area contributed by atoms with E-state index < -0.39 is 0 Å². The first kappa shape index (κ1) is 18.1. The molecule has 0 aromatic carbocycles. The summed E-state index contributed by atoms with van der Waals surface area (Å²) in [6, 6.07) is 0. The van der Waals surface area contributed by atoms with E-state index in [0.29, 0.717) is 10.8 Å². The number of aromatic nitrogens is 2. The van der Waals surface area contributed by atoms with Gasteiger partial charge in [0.25, 0.3) is 0 Å². The van der Waals surface area contributed by atoms with E-state index in [0.717, 1.165) is 53.5 Å². The largest absolute Gasteiger partial charge is 0.465 e. The standard InChI is InChI=1S/C18H26N4O2S/c1-11-14-16(22-8-6-7-13(10-22)9-21(3)4)19-12(2)20-17(14)25-15(11)18(23)24-5/h13H,6-10H2,1-5H3/t13-/m1/s1. The first-order valence-electron chi connectivity index (χ1n) is 8.66. The quantitative estimate of drug-likeness (QED) is 0.780. The van der Waals surface area contributed by atoms with E-state index in [1.807, 2.05) is 13.8 Å². The molecule has 0 radical (unpaired) electrons. The molecule has 136 valence electrons. The van der Waals surface area contributed by atoms with Crippen LogP contribution in [0.5, 0.6) is 0 Å². The lowest BCUT2D eigenvalue weighted by Crippen LogP contribution is -2.40. The molecule has 0 saturated carbocycles. The number of fused-ring (bicyclic) bond motifs is 1. The molecule has 3 heterocycles. The normalized spacial score (nSPS) is 18.2. The van der Waals surface area contributed by atoms with Crippen molar-refractivity contribution in [2.24, 2.45) is 5.92 Å². The van der Waals surface area contributed by atoms with Gasteiger partial charge >= 0.3 is 5.97 Å². The second-order valence-electron chi connectivity index (χ2n) is 7.04. The summed E-state index contributed by atoms with van der Waals surface area (Å²) in [4.78, 5) is 27.5. The third-order valence-electron chi connectivity index (χ3n) is 4.70. The highest BCUT2D eigenvalue weighted by Gasteiger charge is 2.26. The maximum absolute atomic E-state index is 12.1. The molecule has 0 N–H and O–H groups in total. The molecule has 0 aliphatic carbocycles. The average Bonchev–Trinajstić information content (AvgIpc) is 2.89. The Morgan fingerprint density at radius 3 is 2.80 bits per heavy atom. The summed E-state index contributed by atoms with van der Waals surface area (Å²) >= 11 is 1.40. The molecule has 6 nitrogen and oxygen atoms in total. The van der Waals surface area contributed by atoms with Gasteiger partial charge in [0.15, 0.2) is 0 Å². The number of aryl methyl sites for hydroxylation is 2. The van der Waals surface area contributed by atoms with Crippen LogP contribution in [0.3, 0.4) is 0 Å². The average molecular weight is 362 g/mol. The molecular formula is C18H26N4O2S. The van der Waals surface area contributed by atoms with E-state index in [9.17, 15) is 4.79 Å². The molecule has 0 bridgehead atoms. The molecular weight excluding hydrogens is 336 g/mol. The number of methoxy groups -OCH3 is 1. The number of hydrogen-bond acceptors (Lipinski definition) is 7. The fraction of sp³-hybridized carbons (Fsp3) is 0.611. The van der Waals surface area contributed by atoms with Crippen molar-refractivity contribution in [1.29, 1.82) is 0 Å². The van der Waals surface area contributed by atoms with Crippen molar-refractivity contribution in [3.8, 4) is 0 Å². The smallest absolute Gasteiger partial charge is 0.348 e. The van der Waals surface area contributed by atoms with Gasteiger partial charge in [-0.3, -0.25) is 0 Å². The van der Waals surface area contributed by atoms with Crippen LogP contribution < -0.4 is 4.90 Å². The van der Waals surface area contributed by atoms with Crippen LogP contribution in [0.2, 0.25) is 0 Å². The number of hydrogen-bond donors (Lipinski definition) is 0. The summed E-state index contributed by atoms with van der Waals surface area (Å²) in [5.41, 5.74) is 0.927. The molecule has 1 aliphatic rings. The zero-order valence-electron chi connectivity index (χ0n) is 15.6. The molecule has 0 amide bonds. The van der Waals surface area contributed by atoms with Gasteiger partial charge in [-0.15, -0.1) is 11.3 Å². The zero-order chi connectivity index (χ0) is 18.1. The second kappa shape index (κ2) is 7.25. The molecule has 1 saturated heterocycles. The zero-order valence-corrected chi connectivity index (χ0v) is 16.4. The summed E-state index contributed by atoms with van der Waals surface area (Å²) in [7, 11) is 5.66. The number of anilines is 1. The molecule has 2 aromatic rings. The van der Waals surface area contributed by atoms with Crippen molar-refractivity contribution in [3.05, 3.63) is 16.3 Å². The molecule has 2 aromatic heterocycles. The Morgan fingerprint density at radius 2 is 2.12 bits per heavy atom. The summed E-state index contributed by atoms with van der Waals surface area (Å²) in [6.07, 6.45) is 2.41. The van der Waals surface area contributed by atoms with E-state index in [1.165, 1.54) is 24.9 Å². The number of rotatable bonds is 4. The van der Waals surface area contributed by atoms with Crippen LogP contribution in [0.1, 0.15) is 33.9 Å². The lowest BCUT2D eigenvalue weighted by molar-refractivity contribution is 0.0605. The molecule has 1 atom stereocenters. The van der Waals surface area contributed by atoms with Gasteiger partial charge in [0.05, 0.1) is 12.5 Å². The van der Waals surface area contributed by atoms with E-state index in [-0.39, 0.29) is 5.97 Å². The van der Waals surface area contributed by atoms with Crippen molar-refractivity contribution in [1.82, 2.24) is 14.9 Å². The maximum atomic E-state index is 12.1. The van der Waals surface area contributed by atoms with Crippen LogP contribution in [-0.2, 0) is 4.74 Å². The lowest BCUT2D eigenvalue weighted by Gasteiger charge is -2.35. The predicted octanol–water partition coefficient (Wildman–Crippen LogP) is 2.87. The highest BCUT2D eigenvalue weighted by atomic mass is 32.1. The number of carbonyl (C=O) groups excluding carboxylic acids is 1. The third kappa shape index (κ3) is 3.62. The van der Waals surface area contributed by atoms with Crippen LogP contribution in [-0.4, -0.2) is 61.7 Å². The Balaban J connectivity index is 2.03. The Morgan fingerprint density at radius 1 is 1.36 bits per heavy atom. The Bertz CT molecular complexity index is 787. The molecule has 3 rings (SSSR count). The minimum absolute atomic E-state index is 0.298. The Hall–Kier alpha value is -1.73. The predicted molar refractivity (Wildman–Crippen MR) is 102 cm³/mol. The second-order valence-corrected chi connectivity index (χ2v) is 8.04. The van der Waals surface area contributed by atoms with Gasteiger partial charge in [0.1, 0.15) is 21.3 Å². The van der Waals surface area contributed by atoms with Gasteiger partial charge < -0.3 is 14.5 Å². The minimum Gasteiger partial charge on any atom is -0.465 e. The lowest BCUT2D eigenvalue weighted by atomic mass is 9.97. The summed E-state index contributed by atoms with van der Waals surface area (Å²) in [6.45, 7) is 6.95. The monoisotopic (exact) mass is 362 g/mol. The van der Waals surface area contributed by atoms with Crippen molar-refractivity contribution < 1.29 is 9.53 Å². The Kier molecular flexibility index (Phi) is 5.24. The summed E-state index contributed by atoms with van der Waals surface area (Å²) < 4.78 is 4.93. The first-order valence-corrected chi connectivity index (χ1v) is 9.48. The molecule has 1 aliphatic heterocycles. The number of ether oxygens (including phenoxy) is 1. The van der Waals surface area contributed by atoms with Gasteiger partial charge in [-0.1, -0.05) is 0 Å². The van der Waals surface area contributed by atoms with Crippen molar-refractivity contribution in [2.45, 2.75) is 26.7 Å². The number of piperidine rings is 1. The molecule has 0 spiro atoms.